The van der Waals surface area contributed by atoms with Crippen molar-refractivity contribution >= 4 is 45.6 Å². The van der Waals surface area contributed by atoms with Gasteiger partial charge in [-0.05, 0) is 72.6 Å². The second kappa shape index (κ2) is 15.1. The Balaban J connectivity index is 1.21. The van der Waals surface area contributed by atoms with Crippen molar-refractivity contribution in [2.24, 2.45) is 16.5 Å². The first-order valence-corrected chi connectivity index (χ1v) is 21.1. The van der Waals surface area contributed by atoms with Gasteiger partial charge in [-0.1, -0.05) is 94.2 Å². The molecule has 294 valence electrons. The van der Waals surface area contributed by atoms with Crippen LogP contribution in [0.25, 0.3) is 17.2 Å². The third-order valence-corrected chi connectivity index (χ3v) is 13.3. The summed E-state index contributed by atoms with van der Waals surface area (Å²) in [5.74, 6) is -2.10. The molecule has 0 aromatic heterocycles. The van der Waals surface area contributed by atoms with Crippen LogP contribution in [0.3, 0.4) is 0 Å². The number of urea groups is 1. The molecule has 14 heteroatoms. The van der Waals surface area contributed by atoms with E-state index in [2.05, 4.69) is 51.0 Å². The molecule has 2 aliphatic heterocycles. The summed E-state index contributed by atoms with van der Waals surface area (Å²) in [4.78, 5) is 63.4. The Hall–Kier alpha value is -4.72. The zero-order valence-corrected chi connectivity index (χ0v) is 32.8. The minimum atomic E-state index is -3.86. The lowest BCUT2D eigenvalue weighted by Crippen LogP contribution is -2.61. The van der Waals surface area contributed by atoms with Crippen LogP contribution in [-0.2, 0) is 29.2 Å². The molecule has 2 saturated carbocycles. The molecule has 1 saturated heterocycles. The molecular formula is C41H52N6O7S. The Morgan fingerprint density at radius 1 is 1.02 bits per heavy atom. The standard InChI is InChI=1S/C41H52N6O7S/c1-5-26-23-41(26,38(50)46-55(52,53)28-17-18-28)44-36(48)33-22-27-24-47(33)37(49)35(40(2,3)4)43-39(51)42-20-12-8-6-7-9-13-25-16-19-30-29-14-10-11-15-31(29)34(45-54-27)32(30)21-25/h9-11,13-16,19,21,26-28,33,35H,5-8,12,17-18,20,22-24H2,1-4H3,(H,44,48)(H,46,50)(H2,42,43,51)/b13-9+,45-34+/t26-,27?,33?,35-,41?/m1/s1. The van der Waals surface area contributed by atoms with Crippen LogP contribution >= 0.6 is 0 Å². The number of benzene rings is 2. The van der Waals surface area contributed by atoms with Gasteiger partial charge in [0.1, 0.15) is 29.4 Å². The van der Waals surface area contributed by atoms with Crippen molar-refractivity contribution in [3.05, 3.63) is 65.2 Å². The van der Waals surface area contributed by atoms with Gasteiger partial charge < -0.3 is 25.7 Å². The smallest absolute Gasteiger partial charge is 0.315 e. The lowest BCUT2D eigenvalue weighted by molar-refractivity contribution is -0.142. The van der Waals surface area contributed by atoms with Crippen LogP contribution in [0.1, 0.15) is 102 Å². The van der Waals surface area contributed by atoms with Crippen LogP contribution in [-0.4, -0.2) is 84.8 Å². The zero-order valence-electron chi connectivity index (χ0n) is 32.0. The molecule has 3 aliphatic carbocycles. The summed E-state index contributed by atoms with van der Waals surface area (Å²) in [5, 5.41) is 12.7. The Kier molecular flexibility index (Phi) is 10.6. The van der Waals surface area contributed by atoms with Gasteiger partial charge in [-0.2, -0.15) is 0 Å². The highest BCUT2D eigenvalue weighted by atomic mass is 32.2. The van der Waals surface area contributed by atoms with Crippen LogP contribution in [0.2, 0.25) is 0 Å². The van der Waals surface area contributed by atoms with Crippen molar-refractivity contribution in [1.29, 1.82) is 0 Å². The van der Waals surface area contributed by atoms with Gasteiger partial charge in [0.25, 0.3) is 5.91 Å². The molecule has 2 aromatic rings. The molecule has 5 atom stereocenters. The van der Waals surface area contributed by atoms with Gasteiger partial charge in [0.15, 0.2) is 0 Å². The number of carbonyl (C=O) groups is 4. The third kappa shape index (κ3) is 8.01. The normalized spacial score (nSPS) is 28.6. The maximum Gasteiger partial charge on any atom is 0.315 e. The molecule has 13 nitrogen and oxygen atoms in total. The first-order chi connectivity index (χ1) is 26.2. The maximum atomic E-state index is 14.6. The summed E-state index contributed by atoms with van der Waals surface area (Å²) < 4.78 is 27.7. The second-order valence-corrected chi connectivity index (χ2v) is 18.6. The van der Waals surface area contributed by atoms with E-state index in [9.17, 15) is 27.6 Å². The predicted molar refractivity (Wildman–Crippen MR) is 209 cm³/mol. The Morgan fingerprint density at radius 3 is 2.47 bits per heavy atom. The van der Waals surface area contributed by atoms with Gasteiger partial charge in [-0.15, -0.1) is 0 Å². The molecule has 5 amide bonds. The van der Waals surface area contributed by atoms with Crippen LogP contribution in [0.15, 0.2) is 53.7 Å². The number of amides is 5. The highest BCUT2D eigenvalue weighted by Crippen LogP contribution is 2.47. The van der Waals surface area contributed by atoms with Crippen LogP contribution in [0, 0.1) is 11.3 Å². The monoisotopic (exact) mass is 772 g/mol. The summed E-state index contributed by atoms with van der Waals surface area (Å²) >= 11 is 0. The number of allylic oxidation sites excluding steroid dienone is 1. The number of fused-ring (bicyclic) bond motifs is 6. The SMILES string of the molecule is CC[C@@H]1CC1(NC(=O)C1CC2CN1C(=O)[C@H](C(C)(C)C)NC(=O)NCCCCC/C=C/c1ccc3c(c1)/C(=N/O2)c1ccccc1-3)C(=O)NS(=O)(=O)C1CC1. The van der Waals surface area contributed by atoms with Crippen molar-refractivity contribution in [3.63, 3.8) is 0 Å². The molecule has 0 radical (unpaired) electrons. The summed E-state index contributed by atoms with van der Waals surface area (Å²) in [5.41, 5.74) is 3.41. The minimum absolute atomic E-state index is 0.00662. The quantitative estimate of drug-likeness (QED) is 0.283. The van der Waals surface area contributed by atoms with Crippen LogP contribution in [0.4, 0.5) is 4.79 Å². The Labute approximate surface area is 323 Å². The van der Waals surface area contributed by atoms with Crippen molar-refractivity contribution in [2.75, 3.05) is 13.1 Å². The van der Waals surface area contributed by atoms with Crippen LogP contribution in [0.5, 0.6) is 0 Å². The van der Waals surface area contributed by atoms with Crippen molar-refractivity contribution < 1.29 is 32.4 Å². The molecule has 4 N–H and O–H groups in total. The third-order valence-electron chi connectivity index (χ3n) is 11.5. The summed E-state index contributed by atoms with van der Waals surface area (Å²) in [7, 11) is -3.86. The molecule has 55 heavy (non-hydrogen) atoms. The van der Waals surface area contributed by atoms with E-state index in [-0.39, 0.29) is 25.3 Å². The fraction of sp³-hybridized carbons (Fsp3) is 0.537. The minimum Gasteiger partial charge on any atom is -0.390 e. The van der Waals surface area contributed by atoms with Crippen LogP contribution < -0.4 is 20.7 Å². The maximum absolute atomic E-state index is 14.6. The number of oxime groups is 1. The lowest BCUT2D eigenvalue weighted by atomic mass is 9.85. The first-order valence-electron chi connectivity index (χ1n) is 19.6. The molecule has 7 rings (SSSR count). The number of hydrogen-bond donors (Lipinski definition) is 4. The van der Waals surface area contributed by atoms with Gasteiger partial charge in [-0.3, -0.25) is 19.1 Å². The molecule has 2 heterocycles. The largest absolute Gasteiger partial charge is 0.390 e. The number of carbonyl (C=O) groups excluding carboxylic acids is 4. The number of rotatable bonds is 6. The van der Waals surface area contributed by atoms with E-state index in [4.69, 9.17) is 9.99 Å². The van der Waals surface area contributed by atoms with E-state index in [1.54, 1.807) is 0 Å². The van der Waals surface area contributed by atoms with Gasteiger partial charge in [-0.25, -0.2) is 13.2 Å². The van der Waals surface area contributed by atoms with Gasteiger partial charge in [0.2, 0.25) is 21.8 Å². The van der Waals surface area contributed by atoms with E-state index in [1.807, 2.05) is 52.0 Å². The Bertz CT molecular complexity index is 2040. The molecule has 2 aromatic carbocycles. The fourth-order valence-electron chi connectivity index (χ4n) is 8.03. The molecular weight excluding hydrogens is 721 g/mol. The lowest BCUT2D eigenvalue weighted by Gasteiger charge is -2.35. The van der Waals surface area contributed by atoms with E-state index in [0.717, 1.165) is 53.5 Å². The van der Waals surface area contributed by atoms with E-state index >= 15 is 0 Å². The number of nitrogens with zero attached hydrogens (tertiary/aromatic N) is 2. The van der Waals surface area contributed by atoms with E-state index in [0.29, 0.717) is 31.5 Å². The molecule has 0 spiro atoms. The topological polar surface area (TPSA) is 175 Å². The molecule has 4 bridgehead atoms. The van der Waals surface area contributed by atoms with E-state index < -0.39 is 68.2 Å². The fourth-order valence-corrected chi connectivity index (χ4v) is 9.40. The predicted octanol–water partition coefficient (Wildman–Crippen LogP) is 4.60. The van der Waals surface area contributed by atoms with Crippen molar-refractivity contribution in [1.82, 2.24) is 25.6 Å². The summed E-state index contributed by atoms with van der Waals surface area (Å²) in [6.45, 7) is 7.84. The van der Waals surface area contributed by atoms with Gasteiger partial charge in [0, 0.05) is 24.1 Å². The van der Waals surface area contributed by atoms with E-state index in [1.165, 1.54) is 4.90 Å². The summed E-state index contributed by atoms with van der Waals surface area (Å²) in [6.07, 6.45) is 8.93. The first kappa shape index (κ1) is 38.6. The molecule has 3 fully saturated rings. The zero-order chi connectivity index (χ0) is 39.1. The number of hydrogen-bond acceptors (Lipinski definition) is 8. The number of nitrogens with one attached hydrogen (secondary N) is 4. The van der Waals surface area contributed by atoms with Crippen molar-refractivity contribution in [3.8, 4) is 11.1 Å². The second-order valence-electron chi connectivity index (χ2n) is 16.7. The van der Waals surface area contributed by atoms with Gasteiger partial charge in [0.05, 0.1) is 11.8 Å². The van der Waals surface area contributed by atoms with Gasteiger partial charge >= 0.3 is 6.03 Å². The molecule has 3 unspecified atom stereocenters. The van der Waals surface area contributed by atoms with Crippen molar-refractivity contribution in [2.45, 2.75) is 114 Å². The highest BCUT2D eigenvalue weighted by Gasteiger charge is 2.62. The average Bonchev–Trinajstić information content (AvgIpc) is 4.06. The number of sulfonamides is 1. The highest BCUT2D eigenvalue weighted by molar-refractivity contribution is 7.91. The Morgan fingerprint density at radius 2 is 1.76 bits per heavy atom. The summed E-state index contributed by atoms with van der Waals surface area (Å²) in [6, 6.07) is 11.7. The average molecular weight is 773 g/mol. The molecule has 5 aliphatic rings.